The van der Waals surface area contributed by atoms with Gasteiger partial charge in [-0.2, -0.15) is 0 Å². The van der Waals surface area contributed by atoms with Crippen molar-refractivity contribution >= 4 is 11.4 Å². The first-order valence-corrected chi connectivity index (χ1v) is 5.79. The lowest BCUT2D eigenvalue weighted by Crippen LogP contribution is -2.08. The van der Waals surface area contributed by atoms with Crippen LogP contribution in [0.25, 0.3) is 0 Å². The van der Waals surface area contributed by atoms with Crippen LogP contribution >= 0.6 is 0 Å². The van der Waals surface area contributed by atoms with Crippen molar-refractivity contribution in [3.05, 3.63) is 59.4 Å². The van der Waals surface area contributed by atoms with E-state index >= 15 is 0 Å². The third kappa shape index (κ3) is 3.40. The maximum atomic E-state index is 13.2. The topological polar surface area (TPSA) is 38.0 Å². The minimum atomic E-state index is -0.611. The Morgan fingerprint density at radius 1 is 1.00 bits per heavy atom. The summed E-state index contributed by atoms with van der Waals surface area (Å²) in [7, 11) is 0. The van der Waals surface area contributed by atoms with Gasteiger partial charge in [-0.05, 0) is 36.2 Å². The molecule has 0 spiro atoms. The number of nitrogens with two attached hydrogens (primary N) is 1. The standard InChI is InChI=1S/C14H13F3N2/c15-10-6-9(7-11(16)8-10)4-5-19-13-3-1-2-12(17)14(13)18/h1-3,6-8,19H,4-5,18H2. The van der Waals surface area contributed by atoms with Crippen LogP contribution in [0.2, 0.25) is 0 Å². The van der Waals surface area contributed by atoms with Crippen molar-refractivity contribution in [1.29, 1.82) is 0 Å². The molecule has 2 rings (SSSR count). The highest BCUT2D eigenvalue weighted by molar-refractivity contribution is 5.66. The normalized spacial score (nSPS) is 10.5. The summed E-state index contributed by atoms with van der Waals surface area (Å²) in [6.07, 6.45) is 0.407. The van der Waals surface area contributed by atoms with Crippen molar-refractivity contribution in [2.75, 3.05) is 17.6 Å². The molecule has 0 bridgehead atoms. The summed E-state index contributed by atoms with van der Waals surface area (Å²) in [5.41, 5.74) is 6.58. The van der Waals surface area contributed by atoms with Crippen LogP contribution in [-0.2, 0) is 6.42 Å². The van der Waals surface area contributed by atoms with Crippen molar-refractivity contribution < 1.29 is 13.2 Å². The summed E-state index contributed by atoms with van der Waals surface area (Å²) in [5, 5.41) is 2.93. The lowest BCUT2D eigenvalue weighted by molar-refractivity contribution is 0.580. The molecule has 0 radical (unpaired) electrons. The smallest absolute Gasteiger partial charge is 0.148 e. The van der Waals surface area contributed by atoms with Gasteiger partial charge in [0.25, 0.3) is 0 Å². The second-order valence-corrected chi connectivity index (χ2v) is 4.16. The van der Waals surface area contributed by atoms with E-state index < -0.39 is 17.5 Å². The fourth-order valence-corrected chi connectivity index (χ4v) is 1.79. The number of rotatable bonds is 4. The van der Waals surface area contributed by atoms with Gasteiger partial charge in [0.05, 0.1) is 11.4 Å². The second-order valence-electron chi connectivity index (χ2n) is 4.16. The Hall–Kier alpha value is -2.17. The first kappa shape index (κ1) is 13.3. The van der Waals surface area contributed by atoms with Gasteiger partial charge in [-0.15, -0.1) is 0 Å². The molecule has 0 aliphatic rings. The number of halogens is 3. The fourth-order valence-electron chi connectivity index (χ4n) is 1.79. The molecule has 0 amide bonds. The van der Waals surface area contributed by atoms with Crippen molar-refractivity contribution in [1.82, 2.24) is 0 Å². The molecule has 0 heterocycles. The Kier molecular flexibility index (Phi) is 3.94. The van der Waals surface area contributed by atoms with E-state index in [4.69, 9.17) is 5.73 Å². The van der Waals surface area contributed by atoms with Crippen LogP contribution in [0.5, 0.6) is 0 Å². The van der Waals surface area contributed by atoms with Gasteiger partial charge in [-0.1, -0.05) is 6.07 Å². The summed E-state index contributed by atoms with van der Waals surface area (Å²) in [5.74, 6) is -1.72. The Labute approximate surface area is 109 Å². The molecule has 0 aromatic heterocycles. The zero-order valence-electron chi connectivity index (χ0n) is 10.1. The summed E-state index contributed by atoms with van der Waals surface area (Å²) < 4.78 is 39.1. The number of hydrogen-bond donors (Lipinski definition) is 2. The highest BCUT2D eigenvalue weighted by Crippen LogP contribution is 2.21. The molecule has 0 saturated heterocycles. The fraction of sp³-hybridized carbons (Fsp3) is 0.143. The van der Waals surface area contributed by atoms with E-state index in [1.165, 1.54) is 24.3 Å². The summed E-state index contributed by atoms with van der Waals surface area (Å²) in [4.78, 5) is 0. The Morgan fingerprint density at radius 2 is 1.68 bits per heavy atom. The van der Waals surface area contributed by atoms with Crippen LogP contribution in [0, 0.1) is 17.5 Å². The molecule has 0 fully saturated rings. The van der Waals surface area contributed by atoms with E-state index in [9.17, 15) is 13.2 Å². The van der Waals surface area contributed by atoms with Crippen molar-refractivity contribution in [3.8, 4) is 0 Å². The average Bonchev–Trinajstić information content (AvgIpc) is 2.33. The average molecular weight is 266 g/mol. The molecule has 0 aliphatic heterocycles. The van der Waals surface area contributed by atoms with E-state index in [-0.39, 0.29) is 5.69 Å². The van der Waals surface area contributed by atoms with Gasteiger partial charge in [0.1, 0.15) is 17.5 Å². The quantitative estimate of drug-likeness (QED) is 0.833. The Bertz CT molecular complexity index is 565. The molecule has 0 saturated carbocycles. The first-order chi connectivity index (χ1) is 9.06. The molecule has 19 heavy (non-hydrogen) atoms. The van der Waals surface area contributed by atoms with Gasteiger partial charge in [0.2, 0.25) is 0 Å². The van der Waals surface area contributed by atoms with Gasteiger partial charge in [-0.25, -0.2) is 13.2 Å². The third-order valence-electron chi connectivity index (χ3n) is 2.70. The minimum Gasteiger partial charge on any atom is -0.395 e. The molecule has 5 heteroatoms. The highest BCUT2D eigenvalue weighted by Gasteiger charge is 2.04. The lowest BCUT2D eigenvalue weighted by Gasteiger charge is -2.09. The van der Waals surface area contributed by atoms with Crippen molar-refractivity contribution in [2.24, 2.45) is 0 Å². The molecular formula is C14H13F3N2. The lowest BCUT2D eigenvalue weighted by atomic mass is 10.1. The molecule has 0 atom stereocenters. The van der Waals surface area contributed by atoms with Gasteiger partial charge in [0, 0.05) is 12.6 Å². The van der Waals surface area contributed by atoms with Crippen LogP contribution in [0.3, 0.4) is 0 Å². The van der Waals surface area contributed by atoms with Gasteiger partial charge >= 0.3 is 0 Å². The monoisotopic (exact) mass is 266 g/mol. The maximum absolute atomic E-state index is 13.2. The largest absolute Gasteiger partial charge is 0.395 e. The van der Waals surface area contributed by atoms with E-state index in [0.717, 1.165) is 6.07 Å². The van der Waals surface area contributed by atoms with Crippen molar-refractivity contribution in [2.45, 2.75) is 6.42 Å². The molecule has 0 unspecified atom stereocenters. The third-order valence-corrected chi connectivity index (χ3v) is 2.70. The SMILES string of the molecule is Nc1c(F)cccc1NCCc1cc(F)cc(F)c1. The molecule has 0 aliphatic carbocycles. The molecule has 100 valence electrons. The Morgan fingerprint density at radius 3 is 2.37 bits per heavy atom. The number of benzene rings is 2. The number of anilines is 2. The van der Waals surface area contributed by atoms with E-state index in [0.29, 0.717) is 24.2 Å². The highest BCUT2D eigenvalue weighted by atomic mass is 19.1. The zero-order valence-corrected chi connectivity index (χ0v) is 10.1. The van der Waals surface area contributed by atoms with E-state index in [2.05, 4.69) is 5.32 Å². The Balaban J connectivity index is 1.98. The summed E-state index contributed by atoms with van der Waals surface area (Å²) >= 11 is 0. The molecule has 2 aromatic carbocycles. The number of para-hydroxylation sites is 1. The maximum Gasteiger partial charge on any atom is 0.148 e. The second kappa shape index (κ2) is 5.65. The van der Waals surface area contributed by atoms with E-state index in [1.807, 2.05) is 0 Å². The number of nitrogen functional groups attached to an aromatic ring is 1. The first-order valence-electron chi connectivity index (χ1n) is 5.79. The molecule has 3 N–H and O–H groups in total. The molecule has 2 aromatic rings. The van der Waals surface area contributed by atoms with Gasteiger partial charge in [0.15, 0.2) is 0 Å². The predicted octanol–water partition coefficient (Wildman–Crippen LogP) is 3.34. The van der Waals surface area contributed by atoms with E-state index in [1.54, 1.807) is 6.07 Å². The van der Waals surface area contributed by atoms with Crippen LogP contribution < -0.4 is 11.1 Å². The number of hydrogen-bond acceptors (Lipinski definition) is 2. The number of nitrogens with one attached hydrogen (secondary N) is 1. The van der Waals surface area contributed by atoms with Crippen LogP contribution in [0.15, 0.2) is 36.4 Å². The summed E-state index contributed by atoms with van der Waals surface area (Å²) in [6.45, 7) is 0.399. The van der Waals surface area contributed by atoms with Crippen LogP contribution in [0.4, 0.5) is 24.5 Å². The van der Waals surface area contributed by atoms with Gasteiger partial charge < -0.3 is 11.1 Å². The zero-order chi connectivity index (χ0) is 13.8. The van der Waals surface area contributed by atoms with Gasteiger partial charge in [-0.3, -0.25) is 0 Å². The summed E-state index contributed by atoms with van der Waals surface area (Å²) in [6, 6.07) is 7.80. The molecule has 2 nitrogen and oxygen atoms in total. The van der Waals surface area contributed by atoms with Crippen LogP contribution in [0.1, 0.15) is 5.56 Å². The van der Waals surface area contributed by atoms with Crippen LogP contribution in [-0.4, -0.2) is 6.54 Å². The van der Waals surface area contributed by atoms with Crippen molar-refractivity contribution in [3.63, 3.8) is 0 Å². The minimum absolute atomic E-state index is 0.0351. The molecular weight excluding hydrogens is 253 g/mol. The predicted molar refractivity (Wildman–Crippen MR) is 69.4 cm³/mol.